The number of carbonyl (C=O) groups is 1. The normalized spacial score (nSPS) is 15.4. The molecule has 4 rings (SSSR count). The highest BCUT2D eigenvalue weighted by molar-refractivity contribution is 5.94. The van der Waals surface area contributed by atoms with E-state index in [4.69, 9.17) is 4.74 Å². The molecule has 7 heteroatoms. The summed E-state index contributed by atoms with van der Waals surface area (Å²) in [7, 11) is 0. The third-order valence-electron chi connectivity index (χ3n) is 5.92. The molecule has 0 saturated carbocycles. The van der Waals surface area contributed by atoms with Gasteiger partial charge in [-0.05, 0) is 47.5 Å². The van der Waals surface area contributed by atoms with Crippen LogP contribution in [-0.4, -0.2) is 59.9 Å². The second-order valence-corrected chi connectivity index (χ2v) is 8.33. The maximum atomic E-state index is 12.7. The van der Waals surface area contributed by atoms with Crippen LogP contribution in [0.15, 0.2) is 78.9 Å². The lowest BCUT2D eigenvalue weighted by atomic mass is 10.0. The minimum Gasteiger partial charge on any atom is -0.489 e. The Balaban J connectivity index is 1.41. The van der Waals surface area contributed by atoms with Gasteiger partial charge in [0.25, 0.3) is 5.91 Å². The van der Waals surface area contributed by atoms with E-state index in [9.17, 15) is 15.0 Å². The van der Waals surface area contributed by atoms with Gasteiger partial charge < -0.3 is 30.5 Å². The number of rotatable bonds is 9. The Labute approximate surface area is 200 Å². The Hall–Kier alpha value is -3.39. The van der Waals surface area contributed by atoms with Gasteiger partial charge in [-0.3, -0.25) is 4.79 Å². The van der Waals surface area contributed by atoms with E-state index in [1.165, 1.54) is 0 Å². The smallest absolute Gasteiger partial charge is 0.253 e. The van der Waals surface area contributed by atoms with E-state index in [0.29, 0.717) is 25.3 Å². The summed E-state index contributed by atoms with van der Waals surface area (Å²) in [6.07, 6.45) is -1.00. The molecule has 3 aromatic carbocycles. The number of hydrogen-bond donors (Lipinski definition) is 4. The number of nitrogens with zero attached hydrogens (tertiary/aromatic N) is 1. The second kappa shape index (κ2) is 11.7. The molecule has 4 N–H and O–H groups in total. The summed E-state index contributed by atoms with van der Waals surface area (Å²) in [5.41, 5.74) is 3.28. The van der Waals surface area contributed by atoms with Crippen molar-refractivity contribution in [1.82, 2.24) is 10.2 Å². The molecule has 178 valence electrons. The van der Waals surface area contributed by atoms with Crippen LogP contribution in [0.4, 0.5) is 5.69 Å². The predicted octanol–water partition coefficient (Wildman–Crippen LogP) is 2.82. The number of anilines is 1. The number of ether oxygens (including phenoxy) is 1. The van der Waals surface area contributed by atoms with Crippen LogP contribution in [0.3, 0.4) is 0 Å². The first-order valence-electron chi connectivity index (χ1n) is 11.6. The molecule has 1 saturated heterocycles. The third kappa shape index (κ3) is 6.14. The molecule has 34 heavy (non-hydrogen) atoms. The highest BCUT2D eigenvalue weighted by atomic mass is 16.5. The van der Waals surface area contributed by atoms with Crippen molar-refractivity contribution >= 4 is 11.6 Å². The highest BCUT2D eigenvalue weighted by Crippen LogP contribution is 2.26. The fourth-order valence-electron chi connectivity index (χ4n) is 3.96. The lowest BCUT2D eigenvalue weighted by Gasteiger charge is -2.28. The van der Waals surface area contributed by atoms with Crippen molar-refractivity contribution < 1.29 is 19.7 Å². The summed E-state index contributed by atoms with van der Waals surface area (Å²) in [5.74, 6) is 0.742. The number of hydrogen-bond acceptors (Lipinski definition) is 6. The summed E-state index contributed by atoms with van der Waals surface area (Å²) in [6, 6.07) is 24.1. The van der Waals surface area contributed by atoms with E-state index in [0.717, 1.165) is 35.7 Å². The molecule has 1 aliphatic rings. The average Bonchev–Trinajstić information content (AvgIpc) is 2.91. The van der Waals surface area contributed by atoms with Crippen molar-refractivity contribution in [3.05, 3.63) is 95.6 Å². The van der Waals surface area contributed by atoms with E-state index < -0.39 is 12.1 Å². The fourth-order valence-corrected chi connectivity index (χ4v) is 3.96. The molecule has 0 aliphatic carbocycles. The molecule has 1 amide bonds. The minimum absolute atomic E-state index is 0.0195. The Bertz CT molecular complexity index is 1040. The molecule has 0 spiro atoms. The van der Waals surface area contributed by atoms with Gasteiger partial charge in [-0.2, -0.15) is 0 Å². The zero-order chi connectivity index (χ0) is 23.8. The summed E-state index contributed by atoms with van der Waals surface area (Å²) in [4.78, 5) is 14.5. The van der Waals surface area contributed by atoms with Gasteiger partial charge >= 0.3 is 0 Å². The molecule has 1 fully saturated rings. The average molecular weight is 462 g/mol. The number of piperazine rings is 1. The van der Waals surface area contributed by atoms with Crippen LogP contribution in [0, 0.1) is 0 Å². The number of aliphatic hydroxyl groups excluding tert-OH is 2. The van der Waals surface area contributed by atoms with E-state index in [1.54, 1.807) is 12.1 Å². The first-order chi connectivity index (χ1) is 16.6. The largest absolute Gasteiger partial charge is 0.489 e. The van der Waals surface area contributed by atoms with Gasteiger partial charge in [-0.1, -0.05) is 42.5 Å². The van der Waals surface area contributed by atoms with Crippen LogP contribution < -0.4 is 15.4 Å². The van der Waals surface area contributed by atoms with Crippen LogP contribution >= 0.6 is 0 Å². The topological polar surface area (TPSA) is 94.1 Å². The van der Waals surface area contributed by atoms with Gasteiger partial charge in [0.2, 0.25) is 0 Å². The zero-order valence-corrected chi connectivity index (χ0v) is 19.1. The first-order valence-corrected chi connectivity index (χ1v) is 11.6. The van der Waals surface area contributed by atoms with Crippen LogP contribution in [-0.2, 0) is 6.61 Å². The minimum atomic E-state index is -1.00. The van der Waals surface area contributed by atoms with Crippen molar-refractivity contribution in [3.8, 4) is 5.75 Å². The Morgan fingerprint density at radius 3 is 2.29 bits per heavy atom. The van der Waals surface area contributed by atoms with Gasteiger partial charge in [0.15, 0.2) is 0 Å². The third-order valence-corrected chi connectivity index (χ3v) is 5.92. The van der Waals surface area contributed by atoms with Crippen molar-refractivity contribution in [2.24, 2.45) is 0 Å². The number of amides is 1. The van der Waals surface area contributed by atoms with Gasteiger partial charge in [0.05, 0.1) is 12.6 Å². The van der Waals surface area contributed by atoms with Crippen molar-refractivity contribution in [1.29, 1.82) is 0 Å². The summed E-state index contributed by atoms with van der Waals surface area (Å²) >= 11 is 0. The molecule has 2 atom stereocenters. The molecule has 0 bridgehead atoms. The quantitative estimate of drug-likeness (QED) is 0.392. The maximum Gasteiger partial charge on any atom is 0.253 e. The molecule has 1 unspecified atom stereocenters. The molecule has 1 heterocycles. The van der Waals surface area contributed by atoms with Gasteiger partial charge in [0, 0.05) is 37.4 Å². The molecule has 3 aromatic rings. The predicted molar refractivity (Wildman–Crippen MR) is 132 cm³/mol. The van der Waals surface area contributed by atoms with E-state index in [2.05, 4.69) is 10.6 Å². The molecule has 0 aromatic heterocycles. The first kappa shape index (κ1) is 23.8. The van der Waals surface area contributed by atoms with E-state index in [1.807, 2.05) is 71.6 Å². The van der Waals surface area contributed by atoms with Crippen LogP contribution in [0.1, 0.15) is 27.5 Å². The molecular formula is C27H31N3O4. The number of benzene rings is 3. The van der Waals surface area contributed by atoms with Gasteiger partial charge in [-0.25, -0.2) is 0 Å². The molecular weight excluding hydrogens is 430 g/mol. The maximum absolute atomic E-state index is 12.7. The molecule has 1 aliphatic heterocycles. The number of aliphatic hydroxyl groups is 2. The van der Waals surface area contributed by atoms with Gasteiger partial charge in [0.1, 0.15) is 18.5 Å². The molecule has 0 radical (unpaired) electrons. The summed E-state index contributed by atoms with van der Waals surface area (Å²) in [6.45, 7) is 3.11. The monoisotopic (exact) mass is 461 g/mol. The Morgan fingerprint density at radius 2 is 1.65 bits per heavy atom. The Morgan fingerprint density at radius 1 is 0.971 bits per heavy atom. The van der Waals surface area contributed by atoms with Gasteiger partial charge in [-0.15, -0.1) is 0 Å². The van der Waals surface area contributed by atoms with Crippen LogP contribution in [0.25, 0.3) is 0 Å². The molecule has 7 nitrogen and oxygen atoms in total. The van der Waals surface area contributed by atoms with Crippen LogP contribution in [0.2, 0.25) is 0 Å². The Kier molecular flexibility index (Phi) is 8.14. The van der Waals surface area contributed by atoms with Crippen molar-refractivity contribution in [2.45, 2.75) is 18.8 Å². The zero-order valence-electron chi connectivity index (χ0n) is 19.1. The van der Waals surface area contributed by atoms with E-state index in [-0.39, 0.29) is 12.5 Å². The summed E-state index contributed by atoms with van der Waals surface area (Å²) in [5, 5.41) is 26.6. The standard InChI is InChI=1S/C27H31N3O4/c31-18-25(32)26(21-8-12-24(13-9-21)34-19-20-4-2-1-3-5-20)29-23-10-6-22(7-11-23)27(33)30-16-14-28-15-17-30/h1-13,25-26,28-29,31-32H,14-19H2/t25-,26?/m1/s1. The second-order valence-electron chi connectivity index (χ2n) is 8.33. The number of carbonyl (C=O) groups excluding carboxylic acids is 1. The SMILES string of the molecule is O=C(c1ccc(NC(c2ccc(OCc3ccccc3)cc2)[C@H](O)CO)cc1)N1CCNCC1. The lowest BCUT2D eigenvalue weighted by molar-refractivity contribution is 0.0735. The number of nitrogens with one attached hydrogen (secondary N) is 2. The fraction of sp³-hybridized carbons (Fsp3) is 0.296. The van der Waals surface area contributed by atoms with Crippen molar-refractivity contribution in [3.63, 3.8) is 0 Å². The lowest BCUT2D eigenvalue weighted by Crippen LogP contribution is -2.46. The highest BCUT2D eigenvalue weighted by Gasteiger charge is 2.22. The summed E-state index contributed by atoms with van der Waals surface area (Å²) < 4.78 is 5.85. The van der Waals surface area contributed by atoms with Crippen LogP contribution in [0.5, 0.6) is 5.75 Å². The van der Waals surface area contributed by atoms with E-state index >= 15 is 0 Å². The van der Waals surface area contributed by atoms with Crippen molar-refractivity contribution in [2.75, 3.05) is 38.1 Å².